The van der Waals surface area contributed by atoms with Gasteiger partial charge in [-0.05, 0) is 26.7 Å². The third-order valence-corrected chi connectivity index (χ3v) is 4.63. The second-order valence-corrected chi connectivity index (χ2v) is 6.18. The van der Waals surface area contributed by atoms with Crippen LogP contribution in [0.25, 0.3) is 0 Å². The number of hydrogen-bond acceptors (Lipinski definition) is 3. The van der Waals surface area contributed by atoms with Crippen molar-refractivity contribution in [3.8, 4) is 0 Å². The van der Waals surface area contributed by atoms with Gasteiger partial charge in [-0.25, -0.2) is 0 Å². The Balaban J connectivity index is 1.78. The molecule has 2 fully saturated rings. The van der Waals surface area contributed by atoms with Crippen LogP contribution in [0.4, 0.5) is 0 Å². The number of aliphatic hydroxyl groups is 1. The van der Waals surface area contributed by atoms with E-state index in [0.717, 1.165) is 19.3 Å². The van der Waals surface area contributed by atoms with Crippen LogP contribution in [0, 0.1) is 5.41 Å². The Bertz CT molecular complexity index is 244. The molecule has 2 atom stereocenters. The van der Waals surface area contributed by atoms with Gasteiger partial charge in [0, 0.05) is 11.8 Å². The maximum absolute atomic E-state index is 10.2. The molecule has 2 aliphatic carbocycles. The average Bonchev–Trinajstić information content (AvgIpc) is 2.60. The number of ether oxygens (including phenoxy) is 2. The van der Waals surface area contributed by atoms with E-state index in [-0.39, 0.29) is 23.7 Å². The van der Waals surface area contributed by atoms with E-state index in [1.54, 1.807) is 0 Å². The Kier molecular flexibility index (Phi) is 5.05. The lowest BCUT2D eigenvalue weighted by Crippen LogP contribution is -2.58. The number of hydrogen-bond donors (Lipinski definition) is 1. The van der Waals surface area contributed by atoms with E-state index in [4.69, 9.17) is 9.47 Å². The summed E-state index contributed by atoms with van der Waals surface area (Å²) in [7, 11) is 0. The Morgan fingerprint density at radius 3 is 2.33 bits per heavy atom. The fourth-order valence-electron chi connectivity index (χ4n) is 3.48. The van der Waals surface area contributed by atoms with E-state index in [0.29, 0.717) is 13.2 Å². The van der Waals surface area contributed by atoms with Gasteiger partial charge in [0.25, 0.3) is 0 Å². The van der Waals surface area contributed by atoms with E-state index in [1.165, 1.54) is 25.7 Å². The third-order valence-electron chi connectivity index (χ3n) is 4.63. The lowest BCUT2D eigenvalue weighted by Gasteiger charge is -2.53. The summed E-state index contributed by atoms with van der Waals surface area (Å²) in [6.07, 6.45) is 8.64. The van der Waals surface area contributed by atoms with Crippen LogP contribution >= 0.6 is 0 Å². The van der Waals surface area contributed by atoms with Gasteiger partial charge in [-0.15, -0.1) is 0 Å². The normalized spacial score (nSPS) is 31.3. The quantitative estimate of drug-likeness (QED) is 0.769. The predicted octanol–water partition coefficient (Wildman–Crippen LogP) is 2.90. The smallest absolute Gasteiger partial charge is 0.0704 e. The molecule has 0 aliphatic heterocycles. The first-order valence-corrected chi connectivity index (χ1v) is 7.56. The SMILES string of the molecule is CC(C)OCCOC1CC(O)C12CCCCCC2. The first-order valence-electron chi connectivity index (χ1n) is 7.56. The number of rotatable bonds is 5. The summed E-state index contributed by atoms with van der Waals surface area (Å²) < 4.78 is 11.5. The van der Waals surface area contributed by atoms with Gasteiger partial charge < -0.3 is 14.6 Å². The summed E-state index contributed by atoms with van der Waals surface area (Å²) in [6.45, 7) is 5.41. The predicted molar refractivity (Wildman–Crippen MR) is 71.6 cm³/mol. The molecule has 0 amide bonds. The highest BCUT2D eigenvalue weighted by molar-refractivity contribution is 5.04. The van der Waals surface area contributed by atoms with Crippen molar-refractivity contribution >= 4 is 0 Å². The topological polar surface area (TPSA) is 38.7 Å². The maximum Gasteiger partial charge on any atom is 0.0704 e. The third kappa shape index (κ3) is 3.06. The highest BCUT2D eigenvalue weighted by atomic mass is 16.5. The van der Waals surface area contributed by atoms with Crippen LogP contribution in [0.1, 0.15) is 58.8 Å². The van der Waals surface area contributed by atoms with Gasteiger partial charge in [-0.2, -0.15) is 0 Å². The van der Waals surface area contributed by atoms with Gasteiger partial charge in [0.15, 0.2) is 0 Å². The summed E-state index contributed by atoms with van der Waals surface area (Å²) in [5.41, 5.74) is 0.0777. The molecule has 2 aliphatic rings. The molecule has 3 heteroatoms. The first kappa shape index (κ1) is 14.3. The zero-order valence-corrected chi connectivity index (χ0v) is 11.9. The molecule has 2 saturated carbocycles. The summed E-state index contributed by atoms with van der Waals surface area (Å²) in [4.78, 5) is 0. The zero-order chi connectivity index (χ0) is 13.0. The molecule has 2 rings (SSSR count). The Morgan fingerprint density at radius 2 is 1.78 bits per heavy atom. The van der Waals surface area contributed by atoms with Gasteiger partial charge in [-0.1, -0.05) is 25.7 Å². The molecule has 0 aromatic heterocycles. The number of aliphatic hydroxyl groups excluding tert-OH is 1. The standard InChI is InChI=1S/C15H28O3/c1-12(2)17-9-10-18-14-11-13(16)15(14)7-5-3-4-6-8-15/h12-14,16H,3-11H2,1-2H3. The van der Waals surface area contributed by atoms with Crippen molar-refractivity contribution in [1.29, 1.82) is 0 Å². The molecule has 1 N–H and O–H groups in total. The lowest BCUT2D eigenvalue weighted by molar-refractivity contribution is -0.203. The van der Waals surface area contributed by atoms with Crippen LogP contribution in [-0.2, 0) is 9.47 Å². The minimum absolute atomic E-state index is 0.0777. The first-order chi connectivity index (χ1) is 8.65. The van der Waals surface area contributed by atoms with E-state index in [1.807, 2.05) is 13.8 Å². The second-order valence-electron chi connectivity index (χ2n) is 6.18. The second kappa shape index (κ2) is 6.36. The lowest BCUT2D eigenvalue weighted by atomic mass is 9.59. The van der Waals surface area contributed by atoms with Crippen molar-refractivity contribution in [2.45, 2.75) is 77.1 Å². The van der Waals surface area contributed by atoms with E-state index >= 15 is 0 Å². The van der Waals surface area contributed by atoms with Gasteiger partial charge in [0.05, 0.1) is 31.5 Å². The van der Waals surface area contributed by atoms with E-state index < -0.39 is 0 Å². The molecule has 0 bridgehead atoms. The largest absolute Gasteiger partial charge is 0.392 e. The molecule has 18 heavy (non-hydrogen) atoms. The molecule has 0 aromatic carbocycles. The van der Waals surface area contributed by atoms with Gasteiger partial charge >= 0.3 is 0 Å². The molecule has 0 radical (unpaired) electrons. The molecule has 1 spiro atoms. The highest BCUT2D eigenvalue weighted by Crippen LogP contribution is 2.52. The van der Waals surface area contributed by atoms with Gasteiger partial charge in [0.2, 0.25) is 0 Å². The van der Waals surface area contributed by atoms with Gasteiger partial charge in [-0.3, -0.25) is 0 Å². The molecular weight excluding hydrogens is 228 g/mol. The summed E-state index contributed by atoms with van der Waals surface area (Å²) >= 11 is 0. The zero-order valence-electron chi connectivity index (χ0n) is 11.9. The monoisotopic (exact) mass is 256 g/mol. The Labute approximate surface area is 111 Å². The molecule has 106 valence electrons. The minimum atomic E-state index is -0.133. The van der Waals surface area contributed by atoms with Crippen LogP contribution in [0.15, 0.2) is 0 Å². The fraction of sp³-hybridized carbons (Fsp3) is 1.00. The Hall–Kier alpha value is -0.120. The van der Waals surface area contributed by atoms with Crippen LogP contribution in [0.3, 0.4) is 0 Å². The van der Waals surface area contributed by atoms with Crippen molar-refractivity contribution in [3.05, 3.63) is 0 Å². The average molecular weight is 256 g/mol. The minimum Gasteiger partial charge on any atom is -0.392 e. The molecule has 0 heterocycles. The summed E-state index contributed by atoms with van der Waals surface area (Å²) in [5.74, 6) is 0. The summed E-state index contributed by atoms with van der Waals surface area (Å²) in [5, 5.41) is 10.2. The van der Waals surface area contributed by atoms with Crippen LogP contribution in [-0.4, -0.2) is 36.6 Å². The Morgan fingerprint density at radius 1 is 1.11 bits per heavy atom. The molecular formula is C15H28O3. The molecule has 3 nitrogen and oxygen atoms in total. The van der Waals surface area contributed by atoms with Crippen molar-refractivity contribution in [1.82, 2.24) is 0 Å². The van der Waals surface area contributed by atoms with Gasteiger partial charge in [0.1, 0.15) is 0 Å². The molecule has 0 aromatic rings. The van der Waals surface area contributed by atoms with Crippen LogP contribution < -0.4 is 0 Å². The summed E-state index contributed by atoms with van der Waals surface area (Å²) in [6, 6.07) is 0. The van der Waals surface area contributed by atoms with Crippen LogP contribution in [0.5, 0.6) is 0 Å². The molecule has 0 saturated heterocycles. The maximum atomic E-state index is 10.2. The fourth-order valence-corrected chi connectivity index (χ4v) is 3.48. The van der Waals surface area contributed by atoms with Crippen molar-refractivity contribution in [2.75, 3.05) is 13.2 Å². The molecule has 2 unspecified atom stereocenters. The van der Waals surface area contributed by atoms with Crippen LogP contribution in [0.2, 0.25) is 0 Å². The van der Waals surface area contributed by atoms with Crippen molar-refractivity contribution in [2.24, 2.45) is 5.41 Å². The van der Waals surface area contributed by atoms with Crippen molar-refractivity contribution < 1.29 is 14.6 Å². The highest BCUT2D eigenvalue weighted by Gasteiger charge is 2.54. The van der Waals surface area contributed by atoms with Crippen molar-refractivity contribution in [3.63, 3.8) is 0 Å². The van der Waals surface area contributed by atoms with E-state index in [9.17, 15) is 5.11 Å². The van der Waals surface area contributed by atoms with E-state index in [2.05, 4.69) is 0 Å².